The summed E-state index contributed by atoms with van der Waals surface area (Å²) in [7, 11) is 0. The zero-order valence-corrected chi connectivity index (χ0v) is 42.6. The van der Waals surface area contributed by atoms with Gasteiger partial charge < -0.3 is 20.3 Å². The van der Waals surface area contributed by atoms with E-state index in [4.69, 9.17) is 4.74 Å². The molecule has 0 aromatic rings. The first-order valence-corrected chi connectivity index (χ1v) is 28.5. The zero-order valence-electron chi connectivity index (χ0n) is 42.6. The molecule has 0 radical (unpaired) electrons. The number of esters is 1. The lowest BCUT2D eigenvalue weighted by Crippen LogP contribution is -2.45. The van der Waals surface area contributed by atoms with Crippen LogP contribution >= 0.6 is 0 Å². The van der Waals surface area contributed by atoms with Crippen molar-refractivity contribution in [1.29, 1.82) is 0 Å². The molecule has 0 aliphatic rings. The van der Waals surface area contributed by atoms with Crippen LogP contribution < -0.4 is 5.32 Å². The summed E-state index contributed by atoms with van der Waals surface area (Å²) >= 11 is 0. The SMILES string of the molecule is CCCCCCCCCCC/C=C/C(O)C(CO)NC(=O)CCCCCCCCCCCCCCCCCCCCCCCCCCOC(=O)CCCCCCCCCCCCC. The first kappa shape index (κ1) is 61.6. The van der Waals surface area contributed by atoms with Crippen LogP contribution in [0.2, 0.25) is 0 Å². The van der Waals surface area contributed by atoms with E-state index in [1.807, 2.05) is 6.08 Å². The molecule has 2 unspecified atom stereocenters. The number of carbonyl (C=O) groups is 2. The van der Waals surface area contributed by atoms with Gasteiger partial charge in [-0.1, -0.05) is 283 Å². The van der Waals surface area contributed by atoms with Gasteiger partial charge in [0, 0.05) is 12.8 Å². The molecular weight excluding hydrogens is 779 g/mol. The predicted molar refractivity (Wildman–Crippen MR) is 273 cm³/mol. The Morgan fingerprint density at radius 1 is 0.429 bits per heavy atom. The lowest BCUT2D eigenvalue weighted by atomic mass is 10.0. The largest absolute Gasteiger partial charge is 0.466 e. The van der Waals surface area contributed by atoms with Crippen molar-refractivity contribution in [3.8, 4) is 0 Å². The number of rotatable bonds is 53. The molecule has 63 heavy (non-hydrogen) atoms. The molecule has 0 bridgehead atoms. The molecule has 6 heteroatoms. The van der Waals surface area contributed by atoms with Gasteiger partial charge in [0.1, 0.15) is 0 Å². The van der Waals surface area contributed by atoms with E-state index in [0.717, 1.165) is 38.5 Å². The van der Waals surface area contributed by atoms with Gasteiger partial charge in [0.05, 0.1) is 25.4 Å². The molecule has 0 saturated heterocycles. The van der Waals surface area contributed by atoms with Gasteiger partial charge in [-0.2, -0.15) is 0 Å². The van der Waals surface area contributed by atoms with E-state index < -0.39 is 12.1 Å². The van der Waals surface area contributed by atoms with E-state index in [1.165, 1.54) is 250 Å². The lowest BCUT2D eigenvalue weighted by Gasteiger charge is -2.20. The first-order valence-electron chi connectivity index (χ1n) is 28.5. The van der Waals surface area contributed by atoms with Crippen molar-refractivity contribution in [2.24, 2.45) is 0 Å². The zero-order chi connectivity index (χ0) is 45.8. The molecule has 0 fully saturated rings. The Kier molecular flexibility index (Phi) is 52.0. The molecule has 0 saturated carbocycles. The molecule has 0 aliphatic heterocycles. The molecule has 374 valence electrons. The maximum atomic E-state index is 12.4. The second-order valence-electron chi connectivity index (χ2n) is 19.6. The molecule has 0 aromatic carbocycles. The number of hydrogen-bond acceptors (Lipinski definition) is 5. The molecule has 0 aromatic heterocycles. The highest BCUT2D eigenvalue weighted by Crippen LogP contribution is 2.17. The van der Waals surface area contributed by atoms with Crippen LogP contribution in [0.5, 0.6) is 0 Å². The van der Waals surface area contributed by atoms with Crippen molar-refractivity contribution in [2.45, 2.75) is 328 Å². The fourth-order valence-corrected chi connectivity index (χ4v) is 8.93. The molecule has 0 rings (SSSR count). The number of aliphatic hydroxyl groups is 2. The van der Waals surface area contributed by atoms with Gasteiger partial charge in [0.25, 0.3) is 0 Å². The summed E-state index contributed by atoms with van der Waals surface area (Å²) < 4.78 is 5.46. The third-order valence-electron chi connectivity index (χ3n) is 13.3. The van der Waals surface area contributed by atoms with Gasteiger partial charge in [-0.25, -0.2) is 0 Å². The Morgan fingerprint density at radius 3 is 1.08 bits per heavy atom. The van der Waals surface area contributed by atoms with E-state index in [9.17, 15) is 19.8 Å². The number of carbonyl (C=O) groups excluding carboxylic acids is 2. The number of allylic oxidation sites excluding steroid dienone is 1. The normalized spacial score (nSPS) is 12.6. The summed E-state index contributed by atoms with van der Waals surface area (Å²) in [6.45, 7) is 4.90. The fraction of sp³-hybridized carbons (Fsp3) is 0.930. The van der Waals surface area contributed by atoms with Crippen molar-refractivity contribution in [2.75, 3.05) is 13.2 Å². The third kappa shape index (κ3) is 49.9. The van der Waals surface area contributed by atoms with E-state index in [-0.39, 0.29) is 18.5 Å². The van der Waals surface area contributed by atoms with Crippen molar-refractivity contribution in [3.63, 3.8) is 0 Å². The number of nitrogens with one attached hydrogen (secondary N) is 1. The highest BCUT2D eigenvalue weighted by Gasteiger charge is 2.18. The average Bonchev–Trinajstić information content (AvgIpc) is 3.28. The van der Waals surface area contributed by atoms with E-state index in [2.05, 4.69) is 19.2 Å². The monoisotopic (exact) mass is 890 g/mol. The van der Waals surface area contributed by atoms with Gasteiger partial charge in [-0.3, -0.25) is 9.59 Å². The molecule has 2 atom stereocenters. The highest BCUT2D eigenvalue weighted by molar-refractivity contribution is 5.76. The Balaban J connectivity index is 3.36. The number of unbranched alkanes of at least 4 members (excludes halogenated alkanes) is 42. The van der Waals surface area contributed by atoms with E-state index >= 15 is 0 Å². The van der Waals surface area contributed by atoms with Gasteiger partial charge in [0.2, 0.25) is 5.91 Å². The van der Waals surface area contributed by atoms with Gasteiger partial charge in [-0.05, 0) is 32.1 Å². The molecule has 0 aliphatic carbocycles. The quantitative estimate of drug-likeness (QED) is 0.0321. The fourth-order valence-electron chi connectivity index (χ4n) is 8.93. The van der Waals surface area contributed by atoms with Crippen LogP contribution in [0.3, 0.4) is 0 Å². The van der Waals surface area contributed by atoms with Gasteiger partial charge in [0.15, 0.2) is 0 Å². The summed E-state index contributed by atoms with van der Waals surface area (Å²) in [4.78, 5) is 24.4. The van der Waals surface area contributed by atoms with Crippen molar-refractivity contribution >= 4 is 11.9 Å². The van der Waals surface area contributed by atoms with Crippen LogP contribution in [-0.2, 0) is 14.3 Å². The molecule has 0 spiro atoms. The number of amides is 1. The van der Waals surface area contributed by atoms with Crippen LogP contribution in [0.25, 0.3) is 0 Å². The summed E-state index contributed by atoms with van der Waals surface area (Å²) in [5, 5.41) is 23.0. The highest BCUT2D eigenvalue weighted by atomic mass is 16.5. The predicted octanol–water partition coefficient (Wildman–Crippen LogP) is 17.3. The topological polar surface area (TPSA) is 95.9 Å². The first-order chi connectivity index (χ1) is 31.0. The number of ether oxygens (including phenoxy) is 1. The van der Waals surface area contributed by atoms with Crippen LogP contribution in [0.1, 0.15) is 316 Å². The number of aliphatic hydroxyl groups excluding tert-OH is 2. The minimum atomic E-state index is -0.841. The smallest absolute Gasteiger partial charge is 0.305 e. The Labute approximate surface area is 393 Å². The summed E-state index contributed by atoms with van der Waals surface area (Å²) in [5.41, 5.74) is 0. The third-order valence-corrected chi connectivity index (χ3v) is 13.3. The minimum absolute atomic E-state index is 0.0148. The maximum Gasteiger partial charge on any atom is 0.305 e. The van der Waals surface area contributed by atoms with Crippen molar-refractivity contribution in [1.82, 2.24) is 5.32 Å². The Bertz CT molecular complexity index is 939. The lowest BCUT2D eigenvalue weighted by molar-refractivity contribution is -0.143. The van der Waals surface area contributed by atoms with E-state index in [1.54, 1.807) is 6.08 Å². The molecular formula is C57H111NO5. The van der Waals surface area contributed by atoms with Crippen LogP contribution in [-0.4, -0.2) is 47.4 Å². The standard InChI is InChI=1S/C57H111NO5/c1-3-5-7-9-11-13-29-33-37-41-45-49-55(60)54(53-59)58-56(61)50-46-42-38-34-31-27-25-23-21-19-17-15-16-18-20-22-24-26-28-32-36-40-44-48-52-63-57(62)51-47-43-39-35-30-14-12-10-8-6-4-2/h45,49,54-55,59-60H,3-44,46-48,50-53H2,1-2H3,(H,58,61)/b49-45+. The summed E-state index contributed by atoms with van der Waals surface area (Å²) in [6, 6.07) is -0.624. The second-order valence-corrected chi connectivity index (χ2v) is 19.6. The summed E-state index contributed by atoms with van der Waals surface area (Å²) in [6.07, 6.45) is 62.4. The molecule has 0 heterocycles. The van der Waals surface area contributed by atoms with Crippen LogP contribution in [0, 0.1) is 0 Å². The Morgan fingerprint density at radius 2 is 0.730 bits per heavy atom. The van der Waals surface area contributed by atoms with Crippen molar-refractivity contribution < 1.29 is 24.5 Å². The van der Waals surface area contributed by atoms with Crippen molar-refractivity contribution in [3.05, 3.63) is 12.2 Å². The van der Waals surface area contributed by atoms with Crippen LogP contribution in [0.4, 0.5) is 0 Å². The number of hydrogen-bond donors (Lipinski definition) is 3. The molecule has 1 amide bonds. The Hall–Kier alpha value is -1.40. The van der Waals surface area contributed by atoms with Crippen LogP contribution in [0.15, 0.2) is 12.2 Å². The molecule has 6 nitrogen and oxygen atoms in total. The average molecular weight is 891 g/mol. The molecule has 3 N–H and O–H groups in total. The summed E-state index contributed by atoms with van der Waals surface area (Å²) in [5.74, 6) is -0.0522. The van der Waals surface area contributed by atoms with E-state index in [0.29, 0.717) is 19.4 Å². The van der Waals surface area contributed by atoms with Gasteiger partial charge in [-0.15, -0.1) is 0 Å². The van der Waals surface area contributed by atoms with Gasteiger partial charge >= 0.3 is 5.97 Å². The second kappa shape index (κ2) is 53.2. The maximum absolute atomic E-state index is 12.4. The minimum Gasteiger partial charge on any atom is -0.466 e.